The maximum absolute atomic E-state index is 13.5. The van der Waals surface area contributed by atoms with Crippen molar-refractivity contribution in [1.29, 1.82) is 0 Å². The summed E-state index contributed by atoms with van der Waals surface area (Å²) in [6.07, 6.45) is 5.07. The molecule has 3 rings (SSSR count). The number of ether oxygens (including phenoxy) is 2. The van der Waals surface area contributed by atoms with Gasteiger partial charge in [-0.25, -0.2) is 4.98 Å². The van der Waals surface area contributed by atoms with E-state index in [0.717, 1.165) is 41.9 Å². The van der Waals surface area contributed by atoms with Gasteiger partial charge in [0.25, 0.3) is 0 Å². The summed E-state index contributed by atoms with van der Waals surface area (Å²) in [7, 11) is 0. The number of hydrogen-bond donors (Lipinski definition) is 0. The number of halogens is 1. The topological polar surface area (TPSA) is 70.4 Å². The molecule has 0 saturated heterocycles. The van der Waals surface area contributed by atoms with E-state index in [0.29, 0.717) is 11.6 Å². The van der Waals surface area contributed by atoms with Gasteiger partial charge in [-0.2, -0.15) is 0 Å². The van der Waals surface area contributed by atoms with Gasteiger partial charge in [0, 0.05) is 11.4 Å². The molecule has 0 aliphatic carbocycles. The minimum Gasteiger partial charge on any atom is -0.465 e. The van der Waals surface area contributed by atoms with Crippen LogP contribution < -0.4 is 0 Å². The Bertz CT molecular complexity index is 1150. The average molecular weight is 511 g/mol. The number of unbranched alkanes of at least 4 members (excludes halogenated alkanes) is 1. The van der Waals surface area contributed by atoms with Crippen LogP contribution in [0, 0.1) is 5.41 Å². The number of carbonyl (C=O) groups is 2. The molecule has 0 amide bonds. The summed E-state index contributed by atoms with van der Waals surface area (Å²) in [5, 5.41) is 0.672. The molecule has 36 heavy (non-hydrogen) atoms. The number of benzene rings is 2. The molecule has 3 aromatic rings. The first-order chi connectivity index (χ1) is 17.4. The van der Waals surface area contributed by atoms with Crippen LogP contribution in [-0.4, -0.2) is 28.1 Å². The summed E-state index contributed by atoms with van der Waals surface area (Å²) < 4.78 is 13.2. The summed E-state index contributed by atoms with van der Waals surface area (Å²) in [5.74, 6) is -0.235. The largest absolute Gasteiger partial charge is 0.465 e. The average Bonchev–Trinajstić information content (AvgIpc) is 3.27. The first-order valence-corrected chi connectivity index (χ1v) is 13.0. The van der Waals surface area contributed by atoms with Gasteiger partial charge in [0.2, 0.25) is 0 Å². The predicted octanol–water partition coefficient (Wildman–Crippen LogP) is 6.17. The van der Waals surface area contributed by atoms with Crippen molar-refractivity contribution in [2.24, 2.45) is 5.41 Å². The first-order valence-electron chi connectivity index (χ1n) is 12.6. The molecule has 1 heterocycles. The van der Waals surface area contributed by atoms with Crippen molar-refractivity contribution in [2.75, 3.05) is 6.61 Å². The number of hydrogen-bond acceptors (Lipinski definition) is 5. The van der Waals surface area contributed by atoms with Gasteiger partial charge in [0.05, 0.1) is 25.0 Å². The second-order valence-corrected chi connectivity index (χ2v) is 9.25. The maximum Gasteiger partial charge on any atom is 0.324 e. The van der Waals surface area contributed by atoms with E-state index >= 15 is 0 Å². The van der Waals surface area contributed by atoms with E-state index in [9.17, 15) is 9.59 Å². The fraction of sp³-hybridized carbons (Fsp3) is 0.414. The lowest BCUT2D eigenvalue weighted by Crippen LogP contribution is -2.43. The van der Waals surface area contributed by atoms with Gasteiger partial charge >= 0.3 is 11.9 Å². The van der Waals surface area contributed by atoms with Crippen LogP contribution in [0.4, 0.5) is 0 Å². The minimum atomic E-state index is -1.42. The molecule has 0 aliphatic heterocycles. The summed E-state index contributed by atoms with van der Waals surface area (Å²) in [6.45, 7) is 6.39. The molecule has 1 aromatic heterocycles. The second-order valence-electron chi connectivity index (χ2n) is 8.84. The van der Waals surface area contributed by atoms with Crippen molar-refractivity contribution in [3.05, 3.63) is 88.5 Å². The highest BCUT2D eigenvalue weighted by atomic mass is 35.5. The molecule has 0 fully saturated rings. The zero-order chi connectivity index (χ0) is 26.0. The highest BCUT2D eigenvalue weighted by molar-refractivity contribution is 6.31. The number of carbonyl (C=O) groups excluding carboxylic acids is 2. The Morgan fingerprint density at radius 2 is 1.67 bits per heavy atom. The van der Waals surface area contributed by atoms with Gasteiger partial charge in [-0.05, 0) is 43.4 Å². The van der Waals surface area contributed by atoms with Gasteiger partial charge < -0.3 is 14.0 Å². The van der Waals surface area contributed by atoms with Crippen LogP contribution in [0.3, 0.4) is 0 Å². The maximum atomic E-state index is 13.5. The van der Waals surface area contributed by atoms with Gasteiger partial charge in [-0.1, -0.05) is 80.4 Å². The number of imidazole rings is 1. The molecule has 0 radical (unpaired) electrons. The highest BCUT2D eigenvalue weighted by Gasteiger charge is 2.47. The molecule has 7 heteroatoms. The molecule has 2 aromatic carbocycles. The van der Waals surface area contributed by atoms with E-state index < -0.39 is 17.4 Å². The Morgan fingerprint density at radius 3 is 2.33 bits per heavy atom. The smallest absolute Gasteiger partial charge is 0.324 e. The van der Waals surface area contributed by atoms with Crippen LogP contribution in [0.15, 0.2) is 60.8 Å². The van der Waals surface area contributed by atoms with Crippen molar-refractivity contribution in [2.45, 2.75) is 66.0 Å². The number of aryl methyl sites for hydroxylation is 1. The second kappa shape index (κ2) is 13.3. The normalized spacial score (nSPS) is 12.7. The van der Waals surface area contributed by atoms with Crippen molar-refractivity contribution >= 4 is 23.5 Å². The lowest BCUT2D eigenvalue weighted by Gasteiger charge is -2.28. The summed E-state index contributed by atoms with van der Waals surface area (Å²) in [5.41, 5.74) is 1.16. The van der Waals surface area contributed by atoms with E-state index in [-0.39, 0.29) is 26.1 Å². The summed E-state index contributed by atoms with van der Waals surface area (Å²) >= 11 is 6.43. The molecule has 6 nitrogen and oxygen atoms in total. The number of nitrogens with zero attached hydrogens (tertiary/aromatic N) is 2. The Labute approximate surface area is 218 Å². The van der Waals surface area contributed by atoms with Crippen LogP contribution in [0.25, 0.3) is 0 Å². The molecule has 0 aliphatic rings. The van der Waals surface area contributed by atoms with Gasteiger partial charge in [0.1, 0.15) is 12.4 Å². The van der Waals surface area contributed by atoms with Crippen LogP contribution in [0.5, 0.6) is 0 Å². The van der Waals surface area contributed by atoms with Gasteiger partial charge in [-0.15, -0.1) is 0 Å². The Balaban J connectivity index is 1.86. The summed E-state index contributed by atoms with van der Waals surface area (Å²) in [4.78, 5) is 31.2. The molecular formula is C29H35ClN2O4. The lowest BCUT2D eigenvalue weighted by molar-refractivity contribution is -0.173. The van der Waals surface area contributed by atoms with Crippen LogP contribution >= 0.6 is 11.6 Å². The van der Waals surface area contributed by atoms with E-state index in [1.807, 2.05) is 61.5 Å². The van der Waals surface area contributed by atoms with Gasteiger partial charge in [0.15, 0.2) is 5.41 Å². The Hall–Kier alpha value is -3.12. The van der Waals surface area contributed by atoms with E-state index in [4.69, 9.17) is 21.1 Å². The van der Waals surface area contributed by atoms with Crippen molar-refractivity contribution in [3.63, 3.8) is 0 Å². The third-order valence-corrected chi connectivity index (χ3v) is 6.79. The number of rotatable bonds is 13. The Kier molecular flexibility index (Phi) is 10.1. The van der Waals surface area contributed by atoms with Crippen molar-refractivity contribution < 1.29 is 19.1 Å². The fourth-order valence-electron chi connectivity index (χ4n) is 4.23. The summed E-state index contributed by atoms with van der Waals surface area (Å²) in [6, 6.07) is 17.1. The molecule has 0 bridgehead atoms. The number of aromatic nitrogens is 2. The van der Waals surface area contributed by atoms with E-state index in [1.54, 1.807) is 13.1 Å². The molecule has 1 unspecified atom stereocenters. The first kappa shape index (κ1) is 27.5. The lowest BCUT2D eigenvalue weighted by atomic mass is 9.79. The van der Waals surface area contributed by atoms with Crippen LogP contribution in [0.2, 0.25) is 5.02 Å². The van der Waals surface area contributed by atoms with Gasteiger partial charge in [-0.3, -0.25) is 9.59 Å². The van der Waals surface area contributed by atoms with E-state index in [1.165, 1.54) is 0 Å². The molecule has 192 valence electrons. The molecule has 0 N–H and O–H groups in total. The minimum absolute atomic E-state index is 0.00163. The SMILES string of the molecule is CCCCc1ncc(COC(=O)C(CC)(Cc2ccccc2)C(=O)OCC)n1Cc1ccccc1Cl. The third kappa shape index (κ3) is 6.55. The third-order valence-electron chi connectivity index (χ3n) is 6.42. The predicted molar refractivity (Wildman–Crippen MR) is 141 cm³/mol. The monoisotopic (exact) mass is 510 g/mol. The Morgan fingerprint density at radius 1 is 0.972 bits per heavy atom. The van der Waals surface area contributed by atoms with E-state index in [2.05, 4.69) is 16.5 Å². The molecule has 0 saturated carbocycles. The quantitative estimate of drug-likeness (QED) is 0.203. The van der Waals surface area contributed by atoms with Crippen molar-refractivity contribution in [3.8, 4) is 0 Å². The zero-order valence-electron chi connectivity index (χ0n) is 21.3. The number of esters is 2. The standard InChI is InChI=1S/C29H35ClN2O4/c1-4-7-17-26-31-19-24(32(26)20-23-15-11-12-16-25(23)30)21-36-28(34)29(5-2,27(33)35-6-3)18-22-13-9-8-10-14-22/h8-16,19H,4-7,17-18,20-21H2,1-3H3. The fourth-order valence-corrected chi connectivity index (χ4v) is 4.42. The highest BCUT2D eigenvalue weighted by Crippen LogP contribution is 2.32. The van der Waals surface area contributed by atoms with Crippen LogP contribution in [0.1, 0.15) is 62.7 Å². The molecular weight excluding hydrogens is 476 g/mol. The molecule has 0 spiro atoms. The van der Waals surface area contributed by atoms with Crippen LogP contribution in [-0.2, 0) is 45.1 Å². The molecule has 1 atom stereocenters. The zero-order valence-corrected chi connectivity index (χ0v) is 22.1. The van der Waals surface area contributed by atoms with Crippen molar-refractivity contribution in [1.82, 2.24) is 9.55 Å².